The zero-order chi connectivity index (χ0) is 14.6. The maximum Gasteiger partial charge on any atom is 0.228 e. The minimum absolute atomic E-state index is 0.128. The van der Waals surface area contributed by atoms with Gasteiger partial charge in [-0.3, -0.25) is 14.9 Å². The van der Waals surface area contributed by atoms with Crippen LogP contribution in [0.15, 0.2) is 24.3 Å². The molecular formula is C15H20N2O3. The number of carbonyl (C=O) groups excluding carboxylic acids is 2. The highest BCUT2D eigenvalue weighted by Gasteiger charge is 2.36. The minimum atomic E-state index is -0.596. The van der Waals surface area contributed by atoms with E-state index in [1.807, 2.05) is 31.2 Å². The van der Waals surface area contributed by atoms with Crippen molar-refractivity contribution in [2.45, 2.75) is 31.7 Å². The van der Waals surface area contributed by atoms with E-state index in [1.54, 1.807) is 0 Å². The predicted octanol–water partition coefficient (Wildman–Crippen LogP) is 0.688. The van der Waals surface area contributed by atoms with Gasteiger partial charge in [0.2, 0.25) is 11.8 Å². The molecular weight excluding hydrogens is 256 g/mol. The number of nitrogens with one attached hydrogen (secondary N) is 1. The third-order valence-corrected chi connectivity index (χ3v) is 3.29. The number of hydrogen-bond donors (Lipinski definition) is 2. The van der Waals surface area contributed by atoms with E-state index < -0.39 is 5.54 Å². The molecule has 1 aliphatic heterocycles. The first kappa shape index (κ1) is 14.7. The van der Waals surface area contributed by atoms with Gasteiger partial charge in [0.15, 0.2) is 0 Å². The molecule has 1 aromatic rings. The van der Waals surface area contributed by atoms with Gasteiger partial charge in [-0.15, -0.1) is 0 Å². The molecule has 0 atom stereocenters. The van der Waals surface area contributed by atoms with Crippen LogP contribution in [-0.4, -0.2) is 30.6 Å². The summed E-state index contributed by atoms with van der Waals surface area (Å²) in [5.74, 6) is -0.592. The number of amides is 2. The summed E-state index contributed by atoms with van der Waals surface area (Å²) in [5.41, 5.74) is 7.52. The van der Waals surface area contributed by atoms with Crippen molar-refractivity contribution in [1.82, 2.24) is 5.32 Å². The van der Waals surface area contributed by atoms with Crippen LogP contribution >= 0.6 is 0 Å². The molecule has 1 heterocycles. The molecule has 0 aromatic heterocycles. The second kappa shape index (κ2) is 6.15. The summed E-state index contributed by atoms with van der Waals surface area (Å²) in [5, 5.41) is 2.38. The number of aryl methyl sites for hydroxylation is 2. The molecule has 0 radical (unpaired) electrons. The Hall–Kier alpha value is -1.72. The largest absolute Gasteiger partial charge is 0.377 e. The third-order valence-electron chi connectivity index (χ3n) is 3.29. The van der Waals surface area contributed by atoms with Gasteiger partial charge in [0.1, 0.15) is 0 Å². The third kappa shape index (κ3) is 4.15. The molecule has 0 bridgehead atoms. The van der Waals surface area contributed by atoms with E-state index in [2.05, 4.69) is 5.32 Å². The summed E-state index contributed by atoms with van der Waals surface area (Å²) in [6, 6.07) is 7.98. The van der Waals surface area contributed by atoms with Gasteiger partial charge in [-0.1, -0.05) is 29.8 Å². The lowest BCUT2D eigenvalue weighted by Gasteiger charge is -2.36. The number of nitrogens with two attached hydrogens (primary N) is 1. The normalized spacial score (nSPS) is 16.3. The summed E-state index contributed by atoms with van der Waals surface area (Å²) < 4.78 is 4.97. The van der Waals surface area contributed by atoms with Gasteiger partial charge in [-0.05, 0) is 18.9 Å². The maximum absolute atomic E-state index is 11.7. The Morgan fingerprint density at radius 1 is 1.35 bits per heavy atom. The van der Waals surface area contributed by atoms with Gasteiger partial charge in [0, 0.05) is 12.8 Å². The number of hydrogen-bond acceptors (Lipinski definition) is 4. The van der Waals surface area contributed by atoms with Crippen molar-refractivity contribution in [2.24, 2.45) is 5.73 Å². The smallest absolute Gasteiger partial charge is 0.228 e. The fourth-order valence-corrected chi connectivity index (χ4v) is 2.17. The number of imide groups is 1. The van der Waals surface area contributed by atoms with E-state index in [1.165, 1.54) is 0 Å². The van der Waals surface area contributed by atoms with Crippen molar-refractivity contribution in [3.63, 3.8) is 0 Å². The number of ether oxygens (including phenoxy) is 1. The van der Waals surface area contributed by atoms with E-state index >= 15 is 0 Å². The second-order valence-electron chi connectivity index (χ2n) is 5.49. The Morgan fingerprint density at radius 3 is 2.70 bits per heavy atom. The van der Waals surface area contributed by atoms with Crippen LogP contribution in [0.4, 0.5) is 0 Å². The van der Waals surface area contributed by atoms with Crippen molar-refractivity contribution in [3.8, 4) is 0 Å². The Bertz CT molecular complexity index is 510. The highest BCUT2D eigenvalue weighted by Crippen LogP contribution is 2.17. The summed E-state index contributed by atoms with van der Waals surface area (Å²) in [4.78, 5) is 23.4. The Kier molecular flexibility index (Phi) is 4.52. The lowest BCUT2D eigenvalue weighted by molar-refractivity contribution is -0.134. The number of rotatable bonds is 5. The molecule has 2 amide bonds. The first-order chi connectivity index (χ1) is 9.47. The molecule has 5 nitrogen and oxygen atoms in total. The van der Waals surface area contributed by atoms with Gasteiger partial charge in [-0.25, -0.2) is 0 Å². The molecule has 0 saturated carbocycles. The SMILES string of the molecule is Cc1cccc(CCC(=O)NC(=O)CC2(N)COC2)c1. The van der Waals surface area contributed by atoms with E-state index in [0.717, 1.165) is 11.1 Å². The predicted molar refractivity (Wildman–Crippen MR) is 75.0 cm³/mol. The fourth-order valence-electron chi connectivity index (χ4n) is 2.17. The average Bonchev–Trinajstić information content (AvgIpc) is 2.34. The topological polar surface area (TPSA) is 81.4 Å². The van der Waals surface area contributed by atoms with E-state index in [4.69, 9.17) is 10.5 Å². The van der Waals surface area contributed by atoms with Gasteiger partial charge in [0.25, 0.3) is 0 Å². The maximum atomic E-state index is 11.7. The zero-order valence-corrected chi connectivity index (χ0v) is 11.6. The summed E-state index contributed by atoms with van der Waals surface area (Å²) in [6.45, 7) is 2.75. The highest BCUT2D eigenvalue weighted by atomic mass is 16.5. The fraction of sp³-hybridized carbons (Fsp3) is 0.467. The lowest BCUT2D eigenvalue weighted by Crippen LogP contribution is -2.59. The molecule has 1 saturated heterocycles. The lowest BCUT2D eigenvalue weighted by atomic mass is 9.94. The first-order valence-electron chi connectivity index (χ1n) is 6.72. The van der Waals surface area contributed by atoms with Gasteiger partial charge in [0.05, 0.1) is 18.8 Å². The van der Waals surface area contributed by atoms with Crippen molar-refractivity contribution >= 4 is 11.8 Å². The van der Waals surface area contributed by atoms with Crippen LogP contribution in [0.5, 0.6) is 0 Å². The molecule has 1 fully saturated rings. The molecule has 2 rings (SSSR count). The van der Waals surface area contributed by atoms with Crippen LogP contribution in [0.3, 0.4) is 0 Å². The average molecular weight is 276 g/mol. The molecule has 0 aliphatic carbocycles. The van der Waals surface area contributed by atoms with Crippen molar-refractivity contribution < 1.29 is 14.3 Å². The first-order valence-corrected chi connectivity index (χ1v) is 6.72. The van der Waals surface area contributed by atoms with E-state index in [9.17, 15) is 9.59 Å². The summed E-state index contributed by atoms with van der Waals surface area (Å²) in [7, 11) is 0. The van der Waals surface area contributed by atoms with E-state index in [0.29, 0.717) is 26.1 Å². The van der Waals surface area contributed by atoms with Crippen molar-refractivity contribution in [1.29, 1.82) is 0 Å². The van der Waals surface area contributed by atoms with Crippen molar-refractivity contribution in [3.05, 3.63) is 35.4 Å². The molecule has 108 valence electrons. The van der Waals surface area contributed by atoms with Gasteiger partial charge >= 0.3 is 0 Å². The Balaban J connectivity index is 1.73. The van der Waals surface area contributed by atoms with Crippen LogP contribution in [0.25, 0.3) is 0 Å². The monoisotopic (exact) mass is 276 g/mol. The minimum Gasteiger partial charge on any atom is -0.377 e. The summed E-state index contributed by atoms with van der Waals surface area (Å²) >= 11 is 0. The number of benzene rings is 1. The van der Waals surface area contributed by atoms with Crippen LogP contribution in [0, 0.1) is 6.92 Å². The Labute approximate surface area is 118 Å². The van der Waals surface area contributed by atoms with Crippen LogP contribution < -0.4 is 11.1 Å². The van der Waals surface area contributed by atoms with Crippen molar-refractivity contribution in [2.75, 3.05) is 13.2 Å². The van der Waals surface area contributed by atoms with Gasteiger partial charge < -0.3 is 10.5 Å². The van der Waals surface area contributed by atoms with Crippen LogP contribution in [-0.2, 0) is 20.7 Å². The van der Waals surface area contributed by atoms with Crippen LogP contribution in [0.2, 0.25) is 0 Å². The zero-order valence-electron chi connectivity index (χ0n) is 11.6. The van der Waals surface area contributed by atoms with E-state index in [-0.39, 0.29) is 18.2 Å². The second-order valence-corrected chi connectivity index (χ2v) is 5.49. The summed E-state index contributed by atoms with van der Waals surface area (Å²) in [6.07, 6.45) is 1.05. The quantitative estimate of drug-likeness (QED) is 0.829. The highest BCUT2D eigenvalue weighted by molar-refractivity contribution is 5.95. The molecule has 5 heteroatoms. The van der Waals surface area contributed by atoms with Crippen LogP contribution in [0.1, 0.15) is 24.0 Å². The van der Waals surface area contributed by atoms with Gasteiger partial charge in [-0.2, -0.15) is 0 Å². The molecule has 3 N–H and O–H groups in total. The molecule has 0 unspecified atom stereocenters. The number of carbonyl (C=O) groups is 2. The molecule has 1 aliphatic rings. The Morgan fingerprint density at radius 2 is 2.10 bits per heavy atom. The molecule has 0 spiro atoms. The standard InChI is InChI=1S/C15H20N2O3/c1-11-3-2-4-12(7-11)5-6-13(18)17-14(19)8-15(16)9-20-10-15/h2-4,7H,5-6,8-10,16H2,1H3,(H,17,18,19). The molecule has 20 heavy (non-hydrogen) atoms. The molecule has 1 aromatic carbocycles.